The van der Waals surface area contributed by atoms with Gasteiger partial charge in [-0.2, -0.15) is 0 Å². The summed E-state index contributed by atoms with van der Waals surface area (Å²) in [6.07, 6.45) is 0.359. The fourth-order valence-corrected chi connectivity index (χ4v) is 2.71. The standard InChI is InChI=1S/C20H26N2O3/c1-14(21-15(2)16-8-6-5-7-9-16)12-20(23)22-18-13-17(24-3)10-11-19(18)25-4/h5-11,13-15,21H,12H2,1-4H3,(H,22,23). The molecule has 2 rings (SSSR count). The first kappa shape index (κ1) is 18.8. The molecule has 5 heteroatoms. The van der Waals surface area contributed by atoms with Crippen LogP contribution in [0.1, 0.15) is 31.9 Å². The molecule has 2 aromatic carbocycles. The second-order valence-corrected chi connectivity index (χ2v) is 6.02. The van der Waals surface area contributed by atoms with Gasteiger partial charge < -0.3 is 20.1 Å². The van der Waals surface area contributed by atoms with Gasteiger partial charge in [0.1, 0.15) is 11.5 Å². The molecule has 0 aliphatic carbocycles. The van der Waals surface area contributed by atoms with E-state index in [4.69, 9.17) is 9.47 Å². The molecule has 0 saturated carbocycles. The van der Waals surface area contributed by atoms with Gasteiger partial charge in [-0.3, -0.25) is 4.79 Å². The van der Waals surface area contributed by atoms with E-state index >= 15 is 0 Å². The van der Waals surface area contributed by atoms with Crippen LogP contribution < -0.4 is 20.1 Å². The van der Waals surface area contributed by atoms with Gasteiger partial charge in [0.05, 0.1) is 19.9 Å². The summed E-state index contributed by atoms with van der Waals surface area (Å²) in [5.74, 6) is 1.19. The number of benzene rings is 2. The van der Waals surface area contributed by atoms with Crippen LogP contribution in [0.5, 0.6) is 11.5 Å². The minimum Gasteiger partial charge on any atom is -0.497 e. The lowest BCUT2D eigenvalue weighted by Gasteiger charge is -2.20. The second-order valence-electron chi connectivity index (χ2n) is 6.02. The maximum absolute atomic E-state index is 12.4. The lowest BCUT2D eigenvalue weighted by Crippen LogP contribution is -2.32. The van der Waals surface area contributed by atoms with Crippen LogP contribution in [0, 0.1) is 0 Å². The van der Waals surface area contributed by atoms with Gasteiger partial charge >= 0.3 is 0 Å². The highest BCUT2D eigenvalue weighted by atomic mass is 16.5. The zero-order chi connectivity index (χ0) is 18.2. The molecule has 2 N–H and O–H groups in total. The van der Waals surface area contributed by atoms with Crippen LogP contribution in [-0.2, 0) is 4.79 Å². The Morgan fingerprint density at radius 3 is 2.40 bits per heavy atom. The van der Waals surface area contributed by atoms with Crippen molar-refractivity contribution in [1.82, 2.24) is 5.32 Å². The molecule has 0 heterocycles. The van der Waals surface area contributed by atoms with Gasteiger partial charge in [-0.05, 0) is 31.5 Å². The number of amides is 1. The average Bonchev–Trinajstić information content (AvgIpc) is 2.62. The summed E-state index contributed by atoms with van der Waals surface area (Å²) in [4.78, 5) is 12.4. The molecule has 0 aliphatic heterocycles. The van der Waals surface area contributed by atoms with E-state index in [2.05, 4.69) is 29.7 Å². The van der Waals surface area contributed by atoms with Crippen molar-refractivity contribution >= 4 is 11.6 Å². The maximum Gasteiger partial charge on any atom is 0.226 e. The lowest BCUT2D eigenvalue weighted by molar-refractivity contribution is -0.116. The van der Waals surface area contributed by atoms with E-state index in [0.717, 1.165) is 0 Å². The number of hydrogen-bond donors (Lipinski definition) is 2. The minimum atomic E-state index is -0.0770. The molecule has 134 valence electrons. The van der Waals surface area contributed by atoms with Gasteiger partial charge in [0.2, 0.25) is 5.91 Å². The molecule has 0 spiro atoms. The normalized spacial score (nSPS) is 13.0. The van der Waals surface area contributed by atoms with Crippen LogP contribution >= 0.6 is 0 Å². The molecule has 2 unspecified atom stereocenters. The minimum absolute atomic E-state index is 0.0341. The third kappa shape index (κ3) is 5.50. The fourth-order valence-electron chi connectivity index (χ4n) is 2.71. The van der Waals surface area contributed by atoms with Crippen molar-refractivity contribution in [2.75, 3.05) is 19.5 Å². The van der Waals surface area contributed by atoms with Crippen LogP contribution in [-0.4, -0.2) is 26.2 Å². The number of methoxy groups -OCH3 is 2. The van der Waals surface area contributed by atoms with Gasteiger partial charge in [-0.15, -0.1) is 0 Å². The molecule has 25 heavy (non-hydrogen) atoms. The van der Waals surface area contributed by atoms with Crippen molar-refractivity contribution < 1.29 is 14.3 Å². The second kappa shape index (κ2) is 9.08. The molecule has 5 nitrogen and oxygen atoms in total. The summed E-state index contributed by atoms with van der Waals surface area (Å²) in [5, 5.41) is 6.34. The van der Waals surface area contributed by atoms with E-state index in [0.29, 0.717) is 23.6 Å². The third-order valence-electron chi connectivity index (χ3n) is 4.01. The van der Waals surface area contributed by atoms with Crippen molar-refractivity contribution in [2.45, 2.75) is 32.4 Å². The Bertz CT molecular complexity index is 689. The fraction of sp³-hybridized carbons (Fsp3) is 0.350. The smallest absolute Gasteiger partial charge is 0.226 e. The molecule has 2 atom stereocenters. The number of rotatable bonds is 8. The van der Waals surface area contributed by atoms with Crippen LogP contribution in [0.15, 0.2) is 48.5 Å². The number of nitrogens with one attached hydrogen (secondary N) is 2. The Morgan fingerprint density at radius 1 is 1.04 bits per heavy atom. The van der Waals surface area contributed by atoms with Gasteiger partial charge in [-0.25, -0.2) is 0 Å². The van der Waals surface area contributed by atoms with Crippen molar-refractivity contribution in [3.63, 3.8) is 0 Å². The first-order valence-corrected chi connectivity index (χ1v) is 8.36. The predicted molar refractivity (Wildman–Crippen MR) is 100 cm³/mol. The Hall–Kier alpha value is -2.53. The quantitative estimate of drug-likeness (QED) is 0.767. The molecule has 0 aliphatic rings. The predicted octanol–water partition coefficient (Wildman–Crippen LogP) is 3.77. The molecule has 0 saturated heterocycles. The number of anilines is 1. The Morgan fingerprint density at radius 2 is 1.76 bits per heavy atom. The highest BCUT2D eigenvalue weighted by molar-refractivity contribution is 5.92. The van der Waals surface area contributed by atoms with Crippen molar-refractivity contribution in [3.8, 4) is 11.5 Å². The monoisotopic (exact) mass is 342 g/mol. The van der Waals surface area contributed by atoms with E-state index in [9.17, 15) is 4.79 Å². The summed E-state index contributed by atoms with van der Waals surface area (Å²) in [7, 11) is 3.16. The van der Waals surface area contributed by atoms with E-state index in [1.54, 1.807) is 32.4 Å². The summed E-state index contributed by atoms with van der Waals surface area (Å²) in [5.41, 5.74) is 1.80. The zero-order valence-corrected chi connectivity index (χ0v) is 15.2. The van der Waals surface area contributed by atoms with Gasteiger partial charge in [0.15, 0.2) is 0 Å². The molecular formula is C20H26N2O3. The topological polar surface area (TPSA) is 59.6 Å². The van der Waals surface area contributed by atoms with Crippen LogP contribution in [0.3, 0.4) is 0 Å². The van der Waals surface area contributed by atoms with Crippen molar-refractivity contribution in [3.05, 3.63) is 54.1 Å². The molecule has 0 fully saturated rings. The molecule has 2 aromatic rings. The third-order valence-corrected chi connectivity index (χ3v) is 4.01. The average molecular weight is 342 g/mol. The number of carbonyl (C=O) groups excluding carboxylic acids is 1. The first-order valence-electron chi connectivity index (χ1n) is 8.36. The van der Waals surface area contributed by atoms with Gasteiger partial charge in [-0.1, -0.05) is 30.3 Å². The lowest BCUT2D eigenvalue weighted by atomic mass is 10.1. The van der Waals surface area contributed by atoms with E-state index in [1.165, 1.54) is 5.56 Å². The maximum atomic E-state index is 12.4. The number of carbonyl (C=O) groups is 1. The first-order chi connectivity index (χ1) is 12.0. The van der Waals surface area contributed by atoms with Crippen molar-refractivity contribution in [1.29, 1.82) is 0 Å². The SMILES string of the molecule is COc1ccc(OC)c(NC(=O)CC(C)NC(C)c2ccccc2)c1. The van der Waals surface area contributed by atoms with E-state index in [1.807, 2.05) is 25.1 Å². The summed E-state index contributed by atoms with van der Waals surface area (Å²) < 4.78 is 10.5. The van der Waals surface area contributed by atoms with Crippen molar-refractivity contribution in [2.24, 2.45) is 0 Å². The molecule has 0 radical (unpaired) electrons. The Kier molecular flexibility index (Phi) is 6.83. The molecule has 0 bridgehead atoms. The molecule has 1 amide bonds. The Labute approximate surface area is 149 Å². The summed E-state index contributed by atoms with van der Waals surface area (Å²) in [6, 6.07) is 15.7. The highest BCUT2D eigenvalue weighted by Gasteiger charge is 2.15. The molecular weight excluding hydrogens is 316 g/mol. The van der Waals surface area contributed by atoms with Gasteiger partial charge in [0.25, 0.3) is 0 Å². The molecule has 0 aromatic heterocycles. The van der Waals surface area contributed by atoms with E-state index < -0.39 is 0 Å². The van der Waals surface area contributed by atoms with E-state index in [-0.39, 0.29) is 18.0 Å². The summed E-state index contributed by atoms with van der Waals surface area (Å²) in [6.45, 7) is 4.09. The van der Waals surface area contributed by atoms with Crippen LogP contribution in [0.4, 0.5) is 5.69 Å². The zero-order valence-electron chi connectivity index (χ0n) is 15.2. The largest absolute Gasteiger partial charge is 0.497 e. The van der Waals surface area contributed by atoms with Crippen LogP contribution in [0.2, 0.25) is 0 Å². The Balaban J connectivity index is 1.93. The highest BCUT2D eigenvalue weighted by Crippen LogP contribution is 2.29. The number of hydrogen-bond acceptors (Lipinski definition) is 4. The van der Waals surface area contributed by atoms with Crippen LogP contribution in [0.25, 0.3) is 0 Å². The summed E-state index contributed by atoms with van der Waals surface area (Å²) >= 11 is 0. The number of ether oxygens (including phenoxy) is 2. The van der Waals surface area contributed by atoms with Gasteiger partial charge in [0, 0.05) is 24.6 Å².